The van der Waals surface area contributed by atoms with E-state index in [0.717, 1.165) is 0 Å². The normalized spacial score (nSPS) is 12.9. The Balaban J connectivity index is 2.73. The first-order chi connectivity index (χ1) is 9.23. The Morgan fingerprint density at radius 2 is 2.10 bits per heavy atom. The summed E-state index contributed by atoms with van der Waals surface area (Å²) < 4.78 is 40.2. The lowest BCUT2D eigenvalue weighted by Crippen LogP contribution is -2.40. The lowest BCUT2D eigenvalue weighted by atomic mass is 10.1. The van der Waals surface area contributed by atoms with Gasteiger partial charge in [-0.1, -0.05) is 19.1 Å². The SMILES string of the molecule is CC[C@H](N)C(=O)N(C)Cc1cccc(OC(F)(F)F)c1. The molecule has 0 radical (unpaired) electrons. The molecule has 1 amide bonds. The number of carbonyl (C=O) groups is 1. The lowest BCUT2D eigenvalue weighted by molar-refractivity contribution is -0.274. The molecule has 7 heteroatoms. The van der Waals surface area contributed by atoms with Crippen LogP contribution in [0.25, 0.3) is 0 Å². The molecule has 1 atom stereocenters. The zero-order valence-corrected chi connectivity index (χ0v) is 11.3. The molecule has 112 valence electrons. The molecule has 1 aromatic rings. The summed E-state index contributed by atoms with van der Waals surface area (Å²) in [4.78, 5) is 13.2. The molecule has 20 heavy (non-hydrogen) atoms. The van der Waals surface area contributed by atoms with Crippen molar-refractivity contribution in [2.75, 3.05) is 7.05 Å². The Morgan fingerprint density at radius 1 is 1.45 bits per heavy atom. The minimum absolute atomic E-state index is 0.168. The molecule has 1 aromatic carbocycles. The van der Waals surface area contributed by atoms with E-state index in [9.17, 15) is 18.0 Å². The summed E-state index contributed by atoms with van der Waals surface area (Å²) in [7, 11) is 1.55. The quantitative estimate of drug-likeness (QED) is 0.905. The molecule has 0 aliphatic heterocycles. The first kappa shape index (κ1) is 16.3. The molecule has 0 heterocycles. The van der Waals surface area contributed by atoms with Gasteiger partial charge in [-0.3, -0.25) is 4.79 Å². The van der Waals surface area contributed by atoms with Gasteiger partial charge in [-0.15, -0.1) is 13.2 Å². The predicted octanol–water partition coefficient (Wildman–Crippen LogP) is 2.28. The maximum Gasteiger partial charge on any atom is 0.573 e. The molecule has 0 aliphatic carbocycles. The summed E-state index contributed by atoms with van der Waals surface area (Å²) in [6.45, 7) is 1.95. The van der Waals surface area contributed by atoms with Crippen LogP contribution >= 0.6 is 0 Å². The summed E-state index contributed by atoms with van der Waals surface area (Å²) >= 11 is 0. The molecule has 0 spiro atoms. The van der Waals surface area contributed by atoms with E-state index < -0.39 is 12.4 Å². The number of hydrogen-bond donors (Lipinski definition) is 1. The fourth-order valence-corrected chi connectivity index (χ4v) is 1.65. The average Bonchev–Trinajstić information content (AvgIpc) is 2.35. The fraction of sp³-hybridized carbons (Fsp3) is 0.462. The topological polar surface area (TPSA) is 55.6 Å². The van der Waals surface area contributed by atoms with Crippen LogP contribution in [0.4, 0.5) is 13.2 Å². The Labute approximate surface area is 115 Å². The van der Waals surface area contributed by atoms with Crippen molar-refractivity contribution in [3.8, 4) is 5.75 Å². The number of nitrogens with zero attached hydrogens (tertiary/aromatic N) is 1. The van der Waals surface area contributed by atoms with Crippen LogP contribution in [0.5, 0.6) is 5.75 Å². The number of benzene rings is 1. The van der Waals surface area contributed by atoms with E-state index in [0.29, 0.717) is 12.0 Å². The van der Waals surface area contributed by atoms with Crippen molar-refractivity contribution in [3.05, 3.63) is 29.8 Å². The molecule has 0 saturated heterocycles. The van der Waals surface area contributed by atoms with Crippen molar-refractivity contribution < 1.29 is 22.7 Å². The van der Waals surface area contributed by atoms with E-state index in [1.54, 1.807) is 20.0 Å². The van der Waals surface area contributed by atoms with Crippen LogP contribution in [0.15, 0.2) is 24.3 Å². The van der Waals surface area contributed by atoms with Gasteiger partial charge in [0.2, 0.25) is 5.91 Å². The number of carbonyl (C=O) groups excluding carboxylic acids is 1. The van der Waals surface area contributed by atoms with E-state index in [1.165, 1.54) is 23.1 Å². The molecular weight excluding hydrogens is 273 g/mol. The molecule has 0 bridgehead atoms. The second kappa shape index (κ2) is 6.60. The molecule has 0 aromatic heterocycles. The molecular formula is C13H17F3N2O2. The zero-order chi connectivity index (χ0) is 15.3. The third-order valence-corrected chi connectivity index (χ3v) is 2.69. The predicted molar refractivity (Wildman–Crippen MR) is 67.9 cm³/mol. The van der Waals surface area contributed by atoms with Gasteiger partial charge in [0.1, 0.15) is 5.75 Å². The smallest absolute Gasteiger partial charge is 0.406 e. The van der Waals surface area contributed by atoms with Gasteiger partial charge < -0.3 is 15.4 Å². The maximum atomic E-state index is 12.1. The van der Waals surface area contributed by atoms with Gasteiger partial charge >= 0.3 is 6.36 Å². The van der Waals surface area contributed by atoms with Crippen molar-refractivity contribution in [2.24, 2.45) is 5.73 Å². The minimum atomic E-state index is -4.73. The van der Waals surface area contributed by atoms with Crippen LogP contribution in [-0.4, -0.2) is 30.3 Å². The second-order valence-electron chi connectivity index (χ2n) is 4.40. The molecule has 2 N–H and O–H groups in total. The Morgan fingerprint density at radius 3 is 2.65 bits per heavy atom. The van der Waals surface area contributed by atoms with Crippen LogP contribution in [0.1, 0.15) is 18.9 Å². The molecule has 0 saturated carbocycles. The highest BCUT2D eigenvalue weighted by atomic mass is 19.4. The highest BCUT2D eigenvalue weighted by Crippen LogP contribution is 2.23. The van der Waals surface area contributed by atoms with Crippen LogP contribution in [0, 0.1) is 0 Å². The number of hydrogen-bond acceptors (Lipinski definition) is 3. The van der Waals surface area contributed by atoms with E-state index in [4.69, 9.17) is 5.73 Å². The molecule has 0 fully saturated rings. The standard InChI is InChI=1S/C13H17F3N2O2/c1-3-11(17)12(19)18(2)8-9-5-4-6-10(7-9)20-13(14,15)16/h4-7,11H,3,8,17H2,1-2H3/t11-/m0/s1. The van der Waals surface area contributed by atoms with Crippen molar-refractivity contribution >= 4 is 5.91 Å². The van der Waals surface area contributed by atoms with E-state index in [1.807, 2.05) is 0 Å². The van der Waals surface area contributed by atoms with Gasteiger partial charge in [0.05, 0.1) is 6.04 Å². The van der Waals surface area contributed by atoms with E-state index in [2.05, 4.69) is 4.74 Å². The van der Waals surface area contributed by atoms with Gasteiger partial charge in [-0.05, 0) is 24.1 Å². The van der Waals surface area contributed by atoms with Crippen LogP contribution < -0.4 is 10.5 Å². The van der Waals surface area contributed by atoms with E-state index >= 15 is 0 Å². The van der Waals surface area contributed by atoms with Gasteiger partial charge in [-0.25, -0.2) is 0 Å². The van der Waals surface area contributed by atoms with Crippen molar-refractivity contribution in [1.29, 1.82) is 0 Å². The number of ether oxygens (including phenoxy) is 1. The molecule has 1 rings (SSSR count). The summed E-state index contributed by atoms with van der Waals surface area (Å²) in [5.41, 5.74) is 6.15. The maximum absolute atomic E-state index is 12.1. The van der Waals surface area contributed by atoms with Crippen molar-refractivity contribution in [1.82, 2.24) is 4.90 Å². The third-order valence-electron chi connectivity index (χ3n) is 2.69. The van der Waals surface area contributed by atoms with Crippen LogP contribution in [-0.2, 0) is 11.3 Å². The monoisotopic (exact) mass is 290 g/mol. The lowest BCUT2D eigenvalue weighted by Gasteiger charge is -2.21. The number of alkyl halides is 3. The van der Waals surface area contributed by atoms with Crippen LogP contribution in [0.2, 0.25) is 0 Å². The highest BCUT2D eigenvalue weighted by molar-refractivity contribution is 5.81. The number of amides is 1. The summed E-state index contributed by atoms with van der Waals surface area (Å²) in [5, 5.41) is 0. The van der Waals surface area contributed by atoms with Gasteiger partial charge in [0.15, 0.2) is 0 Å². The largest absolute Gasteiger partial charge is 0.573 e. The summed E-state index contributed by atoms with van der Waals surface area (Å²) in [5.74, 6) is -0.565. The average molecular weight is 290 g/mol. The minimum Gasteiger partial charge on any atom is -0.406 e. The molecule has 0 unspecified atom stereocenters. The fourth-order valence-electron chi connectivity index (χ4n) is 1.65. The summed E-state index contributed by atoms with van der Waals surface area (Å²) in [6.07, 6.45) is -4.23. The third kappa shape index (κ3) is 5.08. The number of nitrogens with two attached hydrogens (primary N) is 1. The Kier molecular flexibility index (Phi) is 5.38. The number of halogens is 3. The first-order valence-electron chi connectivity index (χ1n) is 6.08. The van der Waals surface area contributed by atoms with Crippen molar-refractivity contribution in [3.63, 3.8) is 0 Å². The van der Waals surface area contributed by atoms with Gasteiger partial charge in [0.25, 0.3) is 0 Å². The second-order valence-corrected chi connectivity index (χ2v) is 4.40. The molecule has 4 nitrogen and oxygen atoms in total. The highest BCUT2D eigenvalue weighted by Gasteiger charge is 2.31. The number of likely N-dealkylation sites (N-methyl/N-ethyl adjacent to an activating group) is 1. The number of rotatable bonds is 5. The van der Waals surface area contributed by atoms with Gasteiger partial charge in [0, 0.05) is 13.6 Å². The first-order valence-corrected chi connectivity index (χ1v) is 6.08. The van der Waals surface area contributed by atoms with Gasteiger partial charge in [-0.2, -0.15) is 0 Å². The Hall–Kier alpha value is -1.76. The van der Waals surface area contributed by atoms with E-state index in [-0.39, 0.29) is 18.2 Å². The van der Waals surface area contributed by atoms with Crippen molar-refractivity contribution in [2.45, 2.75) is 32.3 Å². The zero-order valence-electron chi connectivity index (χ0n) is 11.3. The molecule has 0 aliphatic rings. The van der Waals surface area contributed by atoms with Crippen LogP contribution in [0.3, 0.4) is 0 Å². The Bertz CT molecular complexity index is 463. The summed E-state index contributed by atoms with van der Waals surface area (Å²) in [6, 6.07) is 4.90.